The summed E-state index contributed by atoms with van der Waals surface area (Å²) in [6.45, 7) is 6.51. The van der Waals surface area contributed by atoms with Gasteiger partial charge in [0.1, 0.15) is 0 Å². The number of hydrogen-bond acceptors (Lipinski definition) is 6. The average molecular weight is 488 g/mol. The second-order valence-corrected chi connectivity index (χ2v) is 9.81. The van der Waals surface area contributed by atoms with Gasteiger partial charge in [-0.2, -0.15) is 0 Å². The van der Waals surface area contributed by atoms with Crippen LogP contribution < -0.4 is 11.1 Å². The molecule has 3 heterocycles. The molecule has 1 fully saturated rings. The van der Waals surface area contributed by atoms with E-state index < -0.39 is 0 Å². The monoisotopic (exact) mass is 487 g/mol. The van der Waals surface area contributed by atoms with E-state index in [0.29, 0.717) is 30.3 Å². The zero-order valence-corrected chi connectivity index (χ0v) is 20.9. The molecule has 1 atom stereocenters. The van der Waals surface area contributed by atoms with E-state index in [-0.39, 0.29) is 11.7 Å². The van der Waals surface area contributed by atoms with Gasteiger partial charge in [-0.1, -0.05) is 31.2 Å². The van der Waals surface area contributed by atoms with Gasteiger partial charge in [-0.25, -0.2) is 4.79 Å². The molecule has 0 radical (unpaired) electrons. The van der Waals surface area contributed by atoms with Crippen molar-refractivity contribution in [2.45, 2.75) is 26.3 Å². The summed E-state index contributed by atoms with van der Waals surface area (Å²) in [5, 5.41) is 4.15. The molecule has 1 aliphatic rings. The van der Waals surface area contributed by atoms with Gasteiger partial charge < -0.3 is 14.6 Å². The molecule has 0 spiro atoms. The molecule has 1 aliphatic heterocycles. The number of fused-ring (bicyclic) bond motifs is 2. The van der Waals surface area contributed by atoms with Crippen molar-refractivity contribution < 1.29 is 9.21 Å². The minimum Gasteiger partial charge on any atom is -0.408 e. The van der Waals surface area contributed by atoms with Crippen molar-refractivity contribution >= 4 is 33.6 Å². The fourth-order valence-corrected chi connectivity index (χ4v) is 5.26. The molecular formula is C28H33N5O3. The van der Waals surface area contributed by atoms with Crippen LogP contribution in [0.1, 0.15) is 18.9 Å². The Morgan fingerprint density at radius 2 is 2.00 bits per heavy atom. The number of likely N-dealkylation sites (N-methyl/N-ethyl adjacent to an activating group) is 1. The van der Waals surface area contributed by atoms with E-state index in [9.17, 15) is 9.59 Å². The predicted molar refractivity (Wildman–Crippen MR) is 142 cm³/mol. The van der Waals surface area contributed by atoms with E-state index in [0.717, 1.165) is 55.4 Å². The van der Waals surface area contributed by atoms with E-state index in [2.05, 4.69) is 51.4 Å². The van der Waals surface area contributed by atoms with Crippen molar-refractivity contribution in [3.63, 3.8) is 0 Å². The van der Waals surface area contributed by atoms with Crippen LogP contribution in [0.2, 0.25) is 0 Å². The Morgan fingerprint density at radius 1 is 1.14 bits per heavy atom. The molecule has 2 aromatic heterocycles. The molecule has 8 heteroatoms. The third-order valence-corrected chi connectivity index (χ3v) is 6.88. The van der Waals surface area contributed by atoms with Crippen LogP contribution in [0.4, 0.5) is 5.69 Å². The van der Waals surface area contributed by atoms with Gasteiger partial charge >= 0.3 is 5.76 Å². The number of carbonyl (C=O) groups excluding carboxylic acids is 1. The van der Waals surface area contributed by atoms with Crippen molar-refractivity contribution in [2.24, 2.45) is 5.92 Å². The molecule has 4 aromatic rings. The van der Waals surface area contributed by atoms with Gasteiger partial charge in [-0.05, 0) is 49.6 Å². The number of pyridine rings is 1. The maximum atomic E-state index is 13.0. The first-order chi connectivity index (χ1) is 17.5. The lowest BCUT2D eigenvalue weighted by Crippen LogP contribution is -2.37. The molecule has 188 valence electrons. The Bertz CT molecular complexity index is 1420. The second kappa shape index (κ2) is 10.6. The van der Waals surface area contributed by atoms with Crippen molar-refractivity contribution in [1.29, 1.82) is 0 Å². The normalized spacial score (nSPS) is 17.4. The molecule has 0 bridgehead atoms. The summed E-state index contributed by atoms with van der Waals surface area (Å²) in [7, 11) is 2.14. The lowest BCUT2D eigenvalue weighted by molar-refractivity contribution is -0.117. The van der Waals surface area contributed by atoms with E-state index in [1.54, 1.807) is 10.6 Å². The highest BCUT2D eigenvalue weighted by molar-refractivity contribution is 5.94. The summed E-state index contributed by atoms with van der Waals surface area (Å²) in [6.07, 6.45) is 3.61. The number of carbonyl (C=O) groups is 1. The Balaban J connectivity index is 1.26. The summed E-state index contributed by atoms with van der Waals surface area (Å²) in [5.41, 5.74) is 4.19. The quantitative estimate of drug-likeness (QED) is 0.429. The Hall–Kier alpha value is -3.49. The molecule has 0 aliphatic carbocycles. The number of nitrogens with one attached hydrogen (secondary N) is 1. The summed E-state index contributed by atoms with van der Waals surface area (Å²) >= 11 is 0. The smallest absolute Gasteiger partial charge is 0.408 e. The maximum Gasteiger partial charge on any atom is 0.419 e. The number of oxazole rings is 1. The summed E-state index contributed by atoms with van der Waals surface area (Å²) in [6, 6.07) is 15.8. The van der Waals surface area contributed by atoms with E-state index >= 15 is 0 Å². The molecular weight excluding hydrogens is 454 g/mol. The van der Waals surface area contributed by atoms with Gasteiger partial charge in [-0.15, -0.1) is 0 Å². The van der Waals surface area contributed by atoms with Gasteiger partial charge in [0.15, 0.2) is 5.58 Å². The fraction of sp³-hybridized carbons (Fsp3) is 0.393. The van der Waals surface area contributed by atoms with Crippen LogP contribution in [-0.2, 0) is 17.8 Å². The van der Waals surface area contributed by atoms with Crippen LogP contribution in [0.15, 0.2) is 63.9 Å². The van der Waals surface area contributed by atoms with Gasteiger partial charge in [0, 0.05) is 56.1 Å². The molecule has 2 aromatic carbocycles. The Labute approximate surface area is 210 Å². The van der Waals surface area contributed by atoms with Crippen LogP contribution in [0.25, 0.3) is 22.0 Å². The van der Waals surface area contributed by atoms with Gasteiger partial charge in [0.25, 0.3) is 0 Å². The molecule has 5 rings (SSSR count). The van der Waals surface area contributed by atoms with Gasteiger partial charge in [0.2, 0.25) is 5.91 Å². The highest BCUT2D eigenvalue weighted by atomic mass is 16.4. The highest BCUT2D eigenvalue weighted by Gasteiger charge is 2.23. The fourth-order valence-electron chi connectivity index (χ4n) is 5.26. The lowest BCUT2D eigenvalue weighted by atomic mass is 9.96. The number of rotatable bonds is 7. The first-order valence-electron chi connectivity index (χ1n) is 12.7. The number of aryl methyl sites for hydroxylation is 1. The molecule has 8 nitrogen and oxygen atoms in total. The van der Waals surface area contributed by atoms with Crippen molar-refractivity contribution in [3.8, 4) is 0 Å². The van der Waals surface area contributed by atoms with Crippen LogP contribution >= 0.6 is 0 Å². The summed E-state index contributed by atoms with van der Waals surface area (Å²) < 4.78 is 7.01. The number of anilines is 1. The van der Waals surface area contributed by atoms with Crippen LogP contribution in [0, 0.1) is 5.92 Å². The number of amides is 1. The molecule has 1 amide bonds. The zero-order chi connectivity index (χ0) is 25.1. The standard InChI is InChI=1S/C28H33N5O3/c1-3-12-33-24-10-9-23(16-25(24)36-28(33)35)30-26(34)19-32-14-13-31(2)17-20(18-32)15-22-7-4-6-21-8-5-11-29-27(21)22/h4-11,16,20H,3,12-15,17-19H2,1-2H3,(H,30,34)/t20-/m1/s1. The minimum atomic E-state index is -0.364. The number of benzene rings is 2. The first kappa shape index (κ1) is 24.2. The predicted octanol–water partition coefficient (Wildman–Crippen LogP) is 3.60. The van der Waals surface area contributed by atoms with Crippen LogP contribution in [-0.4, -0.2) is 65.0 Å². The third kappa shape index (κ3) is 5.34. The number of para-hydroxylation sites is 1. The van der Waals surface area contributed by atoms with Crippen LogP contribution in [0.5, 0.6) is 0 Å². The topological polar surface area (TPSA) is 83.6 Å². The minimum absolute atomic E-state index is 0.0696. The largest absolute Gasteiger partial charge is 0.419 e. The number of nitrogens with zero attached hydrogens (tertiary/aromatic N) is 4. The SMILES string of the molecule is CCCn1c(=O)oc2cc(NC(=O)CN3CCN(C)C[C@@H](Cc4cccc5cccnc45)C3)ccc21. The summed E-state index contributed by atoms with van der Waals surface area (Å²) in [5.74, 6) is -0.0434. The van der Waals surface area contributed by atoms with Gasteiger partial charge in [-0.3, -0.25) is 19.2 Å². The molecule has 0 saturated carbocycles. The Kier molecular flexibility index (Phi) is 7.16. The zero-order valence-electron chi connectivity index (χ0n) is 20.9. The molecule has 1 N–H and O–H groups in total. The summed E-state index contributed by atoms with van der Waals surface area (Å²) in [4.78, 5) is 34.3. The Morgan fingerprint density at radius 3 is 2.86 bits per heavy atom. The first-order valence-corrected chi connectivity index (χ1v) is 12.7. The molecule has 1 saturated heterocycles. The van der Waals surface area contributed by atoms with Crippen molar-refractivity contribution in [2.75, 3.05) is 45.1 Å². The van der Waals surface area contributed by atoms with E-state index in [1.807, 2.05) is 31.3 Å². The number of hydrogen-bond donors (Lipinski definition) is 1. The molecule has 0 unspecified atom stereocenters. The van der Waals surface area contributed by atoms with Crippen molar-refractivity contribution in [3.05, 3.63) is 70.8 Å². The van der Waals surface area contributed by atoms with Gasteiger partial charge in [0.05, 0.1) is 17.6 Å². The average Bonchev–Trinajstić information content (AvgIpc) is 3.05. The van der Waals surface area contributed by atoms with Crippen LogP contribution in [0.3, 0.4) is 0 Å². The van der Waals surface area contributed by atoms with E-state index in [4.69, 9.17) is 4.42 Å². The maximum absolute atomic E-state index is 13.0. The lowest BCUT2D eigenvalue weighted by Gasteiger charge is -2.24. The molecule has 36 heavy (non-hydrogen) atoms. The highest BCUT2D eigenvalue weighted by Crippen LogP contribution is 2.22. The number of aromatic nitrogens is 2. The third-order valence-electron chi connectivity index (χ3n) is 6.88. The van der Waals surface area contributed by atoms with E-state index in [1.165, 1.54) is 5.56 Å². The van der Waals surface area contributed by atoms with Crippen molar-refractivity contribution in [1.82, 2.24) is 19.4 Å². The second-order valence-electron chi connectivity index (χ2n) is 9.81.